The number of para-hydroxylation sites is 2. The zero-order valence-electron chi connectivity index (χ0n) is 26.4. The number of nitro benzene ring substituents is 2. The van der Waals surface area contributed by atoms with Crippen LogP contribution in [-0.4, -0.2) is 19.2 Å². The fourth-order valence-electron chi connectivity index (χ4n) is 4.32. The zero-order chi connectivity index (χ0) is 35.9. The van der Waals surface area contributed by atoms with Gasteiger partial charge in [-0.2, -0.15) is 10.2 Å². The number of rotatable bonds is 8. The second-order valence-electron chi connectivity index (χ2n) is 10.2. The van der Waals surface area contributed by atoms with Crippen LogP contribution in [0.15, 0.2) is 127 Å². The van der Waals surface area contributed by atoms with Gasteiger partial charge in [0, 0.05) is 35.6 Å². The van der Waals surface area contributed by atoms with Gasteiger partial charge in [-0.15, -0.1) is 21.6 Å². The van der Waals surface area contributed by atoms with Crippen molar-refractivity contribution >= 4 is 34.1 Å². The van der Waals surface area contributed by atoms with E-state index in [0.717, 1.165) is 24.3 Å². The molecule has 0 unspecified atom stereocenters. The molecule has 0 saturated carbocycles. The van der Waals surface area contributed by atoms with Crippen molar-refractivity contribution < 1.29 is 37.4 Å². The monoisotopic (exact) mass is 726 g/mol. The molecule has 0 fully saturated rings. The number of benzene rings is 4. The van der Waals surface area contributed by atoms with Crippen LogP contribution in [-0.2, 0) is 17.4 Å². The molecule has 0 spiro atoms. The van der Waals surface area contributed by atoms with E-state index in [-0.39, 0.29) is 51.5 Å². The van der Waals surface area contributed by atoms with Crippen LogP contribution in [0.5, 0.6) is 11.5 Å². The fraction of sp³-hybridized carbons (Fsp3) is 0.0625. The van der Waals surface area contributed by atoms with Crippen molar-refractivity contribution in [2.75, 3.05) is 0 Å². The van der Waals surface area contributed by atoms with Gasteiger partial charge in [-0.25, -0.2) is 0 Å². The number of non-ortho nitro benzene ring substituents is 2. The van der Waals surface area contributed by atoms with Gasteiger partial charge in [0.1, 0.15) is 11.4 Å². The number of aromatic nitrogens is 4. The van der Waals surface area contributed by atoms with Crippen LogP contribution in [0.1, 0.15) is 11.4 Å². The van der Waals surface area contributed by atoms with Gasteiger partial charge in [0.2, 0.25) is 0 Å². The quantitative estimate of drug-likeness (QED) is 0.115. The predicted octanol–water partition coefficient (Wildman–Crippen LogP) is 5.00. The second-order valence-corrected chi connectivity index (χ2v) is 10.2. The molecule has 0 amide bonds. The first-order chi connectivity index (χ1) is 23.9. The summed E-state index contributed by atoms with van der Waals surface area (Å²) in [5, 5.41) is 68.3. The molecule has 2 aromatic heterocycles. The van der Waals surface area contributed by atoms with Gasteiger partial charge < -0.3 is 29.8 Å². The molecule has 0 bridgehead atoms. The molecule has 0 N–H and O–H groups in total. The Bertz CT molecular complexity index is 2220. The summed E-state index contributed by atoms with van der Waals surface area (Å²) in [6.45, 7) is 3.20. The smallest absolute Gasteiger partial charge is 0.871 e. The molecule has 0 aliphatic rings. The topological polar surface area (TPSA) is 254 Å². The van der Waals surface area contributed by atoms with E-state index in [1.165, 1.54) is 21.5 Å². The van der Waals surface area contributed by atoms with Crippen molar-refractivity contribution in [1.29, 1.82) is 0 Å². The van der Waals surface area contributed by atoms with Crippen LogP contribution in [0.4, 0.5) is 34.1 Å². The summed E-state index contributed by atoms with van der Waals surface area (Å²) in [5.41, 5.74) is 0.0661. The Morgan fingerprint density at radius 3 is 1.24 bits per heavy atom. The summed E-state index contributed by atoms with van der Waals surface area (Å²) >= 11 is 0. The third-order valence-electron chi connectivity index (χ3n) is 6.80. The first-order valence-electron chi connectivity index (χ1n) is 14.3. The van der Waals surface area contributed by atoms with E-state index >= 15 is 0 Å². The fourth-order valence-corrected chi connectivity index (χ4v) is 4.32. The molecular weight excluding hydrogens is 704 g/mol. The minimum absolute atomic E-state index is 0. The van der Waals surface area contributed by atoms with E-state index in [0.29, 0.717) is 22.8 Å². The average Bonchev–Trinajstić information content (AvgIpc) is 3.56. The first-order valence-corrected chi connectivity index (χ1v) is 14.3. The summed E-state index contributed by atoms with van der Waals surface area (Å²) in [6.07, 6.45) is 0. The Labute approximate surface area is 297 Å². The maximum atomic E-state index is 12.4. The number of azo groups is 2. The van der Waals surface area contributed by atoms with Crippen LogP contribution in [0.2, 0.25) is 0 Å². The Morgan fingerprint density at radius 1 is 0.569 bits per heavy atom. The summed E-state index contributed by atoms with van der Waals surface area (Å²) in [7, 11) is 0. The molecule has 18 nitrogen and oxygen atoms in total. The van der Waals surface area contributed by atoms with E-state index in [9.17, 15) is 40.0 Å². The average molecular weight is 727 g/mol. The van der Waals surface area contributed by atoms with Crippen LogP contribution in [0.3, 0.4) is 0 Å². The van der Waals surface area contributed by atoms with Crippen molar-refractivity contribution in [2.24, 2.45) is 20.5 Å². The Kier molecular flexibility index (Phi) is 11.5. The molecule has 4 aromatic carbocycles. The normalized spacial score (nSPS) is 10.9. The Morgan fingerprint density at radius 2 is 0.922 bits per heavy atom. The third-order valence-corrected chi connectivity index (χ3v) is 6.80. The van der Waals surface area contributed by atoms with Gasteiger partial charge in [-0.1, -0.05) is 61.7 Å². The number of aryl methyl sites for hydroxylation is 2. The van der Waals surface area contributed by atoms with E-state index in [1.54, 1.807) is 62.4 Å². The van der Waals surface area contributed by atoms with Crippen molar-refractivity contribution in [3.05, 3.63) is 149 Å². The molecule has 0 aliphatic heterocycles. The molecule has 6 rings (SSSR count). The molecule has 2 heterocycles. The molecule has 0 aliphatic carbocycles. The molecule has 51 heavy (non-hydrogen) atoms. The number of hydrogen-bond donors (Lipinski definition) is 0. The molecule has 0 atom stereocenters. The van der Waals surface area contributed by atoms with Gasteiger partial charge >= 0.3 is 17.4 Å². The SMILES string of the molecule is Cc1[n-]n(-c2ccccc2)c(=O)c1N=Nc1ccc([N+](=O)[O-])cc1[O-].Cc1[n-]n(-c2ccccc2)c(=O)c1N=Nc1ccc([N+](=O)[O-])cc1[O-].[Cr+3]. The number of nitrogens with zero attached hydrogens (tertiary/aromatic N) is 10. The van der Waals surface area contributed by atoms with Crippen molar-refractivity contribution in [3.8, 4) is 22.9 Å². The van der Waals surface area contributed by atoms with Crippen LogP contribution in [0.25, 0.3) is 11.4 Å². The molecule has 19 heteroatoms. The molecule has 255 valence electrons. The van der Waals surface area contributed by atoms with Crippen LogP contribution in [0, 0.1) is 34.1 Å². The second kappa shape index (κ2) is 16.0. The molecular formula is C32H22CrN10O8-. The van der Waals surface area contributed by atoms with E-state index < -0.39 is 32.5 Å². The van der Waals surface area contributed by atoms with Gasteiger partial charge in [0.25, 0.3) is 22.5 Å². The van der Waals surface area contributed by atoms with Crippen molar-refractivity contribution in [3.63, 3.8) is 0 Å². The maximum absolute atomic E-state index is 12.4. The van der Waals surface area contributed by atoms with E-state index in [4.69, 9.17) is 0 Å². The summed E-state index contributed by atoms with van der Waals surface area (Å²) < 4.78 is 2.38. The van der Waals surface area contributed by atoms with Crippen molar-refractivity contribution in [1.82, 2.24) is 19.6 Å². The molecule has 1 radical (unpaired) electrons. The van der Waals surface area contributed by atoms with Gasteiger partial charge in [0.15, 0.2) is 0 Å². The third kappa shape index (κ3) is 8.37. The van der Waals surface area contributed by atoms with E-state index in [2.05, 4.69) is 30.7 Å². The van der Waals surface area contributed by atoms with Gasteiger partial charge in [-0.05, 0) is 36.4 Å². The van der Waals surface area contributed by atoms with Crippen LogP contribution >= 0.6 is 0 Å². The minimum atomic E-state index is -0.674. The summed E-state index contributed by atoms with van der Waals surface area (Å²) in [4.78, 5) is 44.8. The Hall–Kier alpha value is -6.97. The summed E-state index contributed by atoms with van der Waals surface area (Å²) in [6, 6.07) is 24.0. The predicted molar refractivity (Wildman–Crippen MR) is 174 cm³/mol. The standard InChI is InChI=1S/2C16H13N5O4.Cr/c2*1-10-15(16(23)20(19-10)11-5-3-2-4-6-11)18-17-13-8-7-12(21(24)25)9-14(13)22;/h2*2-9H,1H3,(H2,17,18,19,22,23);/q;;+3/p-4. The first kappa shape index (κ1) is 36.9. The zero-order valence-corrected chi connectivity index (χ0v) is 27.7. The molecule has 6 aromatic rings. The van der Waals surface area contributed by atoms with Gasteiger partial charge in [-0.3, -0.25) is 29.8 Å². The largest absolute Gasteiger partial charge is 3.00 e. The van der Waals surface area contributed by atoms with Gasteiger partial charge in [0.05, 0.1) is 21.2 Å². The number of hydrogen-bond acceptors (Lipinski definition) is 12. The minimum Gasteiger partial charge on any atom is -0.871 e. The number of nitro groups is 2. The van der Waals surface area contributed by atoms with E-state index in [1.807, 2.05) is 12.1 Å². The van der Waals surface area contributed by atoms with Crippen molar-refractivity contribution in [2.45, 2.75) is 13.8 Å². The Balaban J connectivity index is 0.000000224. The molecule has 0 saturated heterocycles. The maximum Gasteiger partial charge on any atom is 3.00 e. The van der Waals surface area contributed by atoms with Crippen LogP contribution < -0.4 is 31.5 Å². The summed E-state index contributed by atoms with van der Waals surface area (Å²) in [5.74, 6) is -1.31.